The molecule has 1 unspecified atom stereocenters. The predicted molar refractivity (Wildman–Crippen MR) is 53.5 cm³/mol. The molecule has 0 bridgehead atoms. The number of carboxylic acid groups (broad SMARTS) is 1. The SMILES string of the molecule is CC(C)/C=C/C(CC(N)=O)CC(=O)O. The molecule has 1 atom stereocenters. The number of hydrogen-bond donors (Lipinski definition) is 2. The third kappa shape index (κ3) is 7.34. The highest BCUT2D eigenvalue weighted by atomic mass is 16.4. The van der Waals surface area contributed by atoms with Crippen LogP contribution in [0.1, 0.15) is 26.7 Å². The molecule has 80 valence electrons. The molecule has 1 amide bonds. The van der Waals surface area contributed by atoms with E-state index in [4.69, 9.17) is 10.8 Å². The van der Waals surface area contributed by atoms with E-state index in [9.17, 15) is 9.59 Å². The van der Waals surface area contributed by atoms with Gasteiger partial charge in [0.15, 0.2) is 0 Å². The Balaban J connectivity index is 4.24. The van der Waals surface area contributed by atoms with E-state index in [0.717, 1.165) is 0 Å². The van der Waals surface area contributed by atoms with Gasteiger partial charge in [-0.2, -0.15) is 0 Å². The van der Waals surface area contributed by atoms with Crippen LogP contribution in [0.3, 0.4) is 0 Å². The fraction of sp³-hybridized carbons (Fsp3) is 0.600. The molecule has 0 radical (unpaired) electrons. The van der Waals surface area contributed by atoms with Gasteiger partial charge in [-0.05, 0) is 11.8 Å². The fourth-order valence-corrected chi connectivity index (χ4v) is 1.07. The van der Waals surface area contributed by atoms with Crippen molar-refractivity contribution in [1.29, 1.82) is 0 Å². The van der Waals surface area contributed by atoms with Crippen LogP contribution < -0.4 is 5.73 Å². The Morgan fingerprint density at radius 1 is 1.29 bits per heavy atom. The molecule has 0 saturated carbocycles. The number of primary amides is 1. The Kier molecular flexibility index (Phi) is 5.60. The Morgan fingerprint density at radius 2 is 1.86 bits per heavy atom. The molecule has 3 N–H and O–H groups in total. The fourth-order valence-electron chi connectivity index (χ4n) is 1.07. The van der Waals surface area contributed by atoms with Crippen LogP contribution in [0.25, 0.3) is 0 Å². The molecule has 4 nitrogen and oxygen atoms in total. The molecule has 0 aromatic rings. The highest BCUT2D eigenvalue weighted by Gasteiger charge is 2.12. The minimum atomic E-state index is -0.912. The van der Waals surface area contributed by atoms with Crippen LogP contribution in [0.2, 0.25) is 0 Å². The lowest BCUT2D eigenvalue weighted by Crippen LogP contribution is -2.17. The van der Waals surface area contributed by atoms with Crippen molar-refractivity contribution in [3.8, 4) is 0 Å². The summed E-state index contributed by atoms with van der Waals surface area (Å²) in [6.45, 7) is 3.97. The van der Waals surface area contributed by atoms with Crippen LogP contribution in [0.4, 0.5) is 0 Å². The van der Waals surface area contributed by atoms with Crippen LogP contribution in [0.15, 0.2) is 12.2 Å². The molecule has 14 heavy (non-hydrogen) atoms. The standard InChI is InChI=1S/C10H17NO3/c1-7(2)3-4-8(5-9(11)12)6-10(13)14/h3-4,7-8H,5-6H2,1-2H3,(H2,11,12)(H,13,14)/b4-3+. The lowest BCUT2D eigenvalue weighted by Gasteiger charge is -2.07. The molecule has 0 aliphatic rings. The second-order valence-corrected chi connectivity index (χ2v) is 3.66. The molecule has 0 heterocycles. The van der Waals surface area contributed by atoms with Gasteiger partial charge in [0.05, 0.1) is 6.42 Å². The lowest BCUT2D eigenvalue weighted by molar-refractivity contribution is -0.137. The van der Waals surface area contributed by atoms with Gasteiger partial charge in [-0.15, -0.1) is 0 Å². The summed E-state index contributed by atoms with van der Waals surface area (Å²) >= 11 is 0. The third-order valence-electron chi connectivity index (χ3n) is 1.67. The lowest BCUT2D eigenvalue weighted by atomic mass is 9.99. The maximum atomic E-state index is 10.6. The number of aliphatic carboxylic acids is 1. The van der Waals surface area contributed by atoms with E-state index in [2.05, 4.69) is 0 Å². The molecular formula is C10H17NO3. The summed E-state index contributed by atoms with van der Waals surface area (Å²) < 4.78 is 0. The van der Waals surface area contributed by atoms with E-state index in [1.165, 1.54) is 0 Å². The molecular weight excluding hydrogens is 182 g/mol. The predicted octanol–water partition coefficient (Wildman–Crippen LogP) is 1.16. The summed E-state index contributed by atoms with van der Waals surface area (Å²) in [6, 6.07) is 0. The second-order valence-electron chi connectivity index (χ2n) is 3.66. The first kappa shape index (κ1) is 12.7. The van der Waals surface area contributed by atoms with Gasteiger partial charge >= 0.3 is 5.97 Å². The summed E-state index contributed by atoms with van der Waals surface area (Å²) in [4.78, 5) is 21.1. The molecule has 0 rings (SSSR count). The van der Waals surface area contributed by atoms with E-state index in [1.54, 1.807) is 6.08 Å². The average Bonchev–Trinajstić information content (AvgIpc) is 1.97. The Labute approximate surface area is 83.8 Å². The third-order valence-corrected chi connectivity index (χ3v) is 1.67. The first-order chi connectivity index (χ1) is 6.41. The summed E-state index contributed by atoms with van der Waals surface area (Å²) in [6.07, 6.45) is 3.68. The zero-order chi connectivity index (χ0) is 11.1. The first-order valence-corrected chi connectivity index (χ1v) is 4.60. The van der Waals surface area contributed by atoms with Gasteiger partial charge in [0.25, 0.3) is 0 Å². The largest absolute Gasteiger partial charge is 0.481 e. The Morgan fingerprint density at radius 3 is 2.21 bits per heavy atom. The van der Waals surface area contributed by atoms with Crippen molar-refractivity contribution in [2.24, 2.45) is 17.6 Å². The summed E-state index contributed by atoms with van der Waals surface area (Å²) in [5, 5.41) is 8.58. The van der Waals surface area contributed by atoms with E-state index >= 15 is 0 Å². The summed E-state index contributed by atoms with van der Waals surface area (Å²) in [7, 11) is 0. The van der Waals surface area contributed by atoms with Gasteiger partial charge in [-0.25, -0.2) is 0 Å². The van der Waals surface area contributed by atoms with Crippen LogP contribution in [-0.2, 0) is 9.59 Å². The molecule has 0 spiro atoms. The summed E-state index contributed by atoms with van der Waals surface area (Å²) in [5.74, 6) is -1.32. The van der Waals surface area contributed by atoms with Crippen molar-refractivity contribution in [3.63, 3.8) is 0 Å². The number of carbonyl (C=O) groups excluding carboxylic acids is 1. The normalized spacial score (nSPS) is 13.4. The second kappa shape index (κ2) is 6.18. The number of nitrogens with two attached hydrogens (primary N) is 1. The highest BCUT2D eigenvalue weighted by Crippen LogP contribution is 2.11. The number of hydrogen-bond acceptors (Lipinski definition) is 2. The number of allylic oxidation sites excluding steroid dienone is 2. The molecule has 4 heteroatoms. The van der Waals surface area contributed by atoms with Crippen molar-refractivity contribution >= 4 is 11.9 Å². The smallest absolute Gasteiger partial charge is 0.303 e. The Bertz CT molecular complexity index is 218. The molecule has 0 aromatic carbocycles. The number of carboxylic acids is 1. The van der Waals surface area contributed by atoms with Crippen molar-refractivity contribution in [3.05, 3.63) is 12.2 Å². The minimum Gasteiger partial charge on any atom is -0.481 e. The van der Waals surface area contributed by atoms with Gasteiger partial charge in [-0.3, -0.25) is 9.59 Å². The number of carbonyl (C=O) groups is 2. The maximum absolute atomic E-state index is 10.6. The van der Waals surface area contributed by atoms with Crippen LogP contribution in [-0.4, -0.2) is 17.0 Å². The molecule has 0 aromatic heterocycles. The van der Waals surface area contributed by atoms with Crippen LogP contribution >= 0.6 is 0 Å². The molecule has 0 saturated heterocycles. The number of rotatable bonds is 6. The number of amides is 1. The zero-order valence-corrected chi connectivity index (χ0v) is 8.56. The maximum Gasteiger partial charge on any atom is 0.303 e. The minimum absolute atomic E-state index is 0.0494. The zero-order valence-electron chi connectivity index (χ0n) is 8.56. The van der Waals surface area contributed by atoms with Crippen molar-refractivity contribution in [1.82, 2.24) is 0 Å². The van der Waals surface area contributed by atoms with Gasteiger partial charge in [-0.1, -0.05) is 26.0 Å². The van der Waals surface area contributed by atoms with E-state index < -0.39 is 11.9 Å². The molecule has 0 aliphatic heterocycles. The van der Waals surface area contributed by atoms with E-state index in [0.29, 0.717) is 5.92 Å². The van der Waals surface area contributed by atoms with Crippen molar-refractivity contribution < 1.29 is 14.7 Å². The first-order valence-electron chi connectivity index (χ1n) is 4.60. The van der Waals surface area contributed by atoms with Gasteiger partial charge in [0.1, 0.15) is 0 Å². The monoisotopic (exact) mass is 199 g/mol. The van der Waals surface area contributed by atoms with Crippen LogP contribution in [0.5, 0.6) is 0 Å². The summed E-state index contributed by atoms with van der Waals surface area (Å²) in [5.41, 5.74) is 5.01. The van der Waals surface area contributed by atoms with Crippen molar-refractivity contribution in [2.45, 2.75) is 26.7 Å². The van der Waals surface area contributed by atoms with Gasteiger partial charge in [0.2, 0.25) is 5.91 Å². The Hall–Kier alpha value is -1.32. The van der Waals surface area contributed by atoms with E-state index in [-0.39, 0.29) is 18.8 Å². The van der Waals surface area contributed by atoms with E-state index in [1.807, 2.05) is 19.9 Å². The molecule has 0 fully saturated rings. The van der Waals surface area contributed by atoms with Crippen molar-refractivity contribution in [2.75, 3.05) is 0 Å². The van der Waals surface area contributed by atoms with Crippen LogP contribution in [0, 0.1) is 11.8 Å². The van der Waals surface area contributed by atoms with Gasteiger partial charge < -0.3 is 10.8 Å². The van der Waals surface area contributed by atoms with Gasteiger partial charge in [0, 0.05) is 6.42 Å². The quantitative estimate of drug-likeness (QED) is 0.630. The topological polar surface area (TPSA) is 80.4 Å². The average molecular weight is 199 g/mol. The molecule has 0 aliphatic carbocycles. The highest BCUT2D eigenvalue weighted by molar-refractivity contribution is 5.75.